The summed E-state index contributed by atoms with van der Waals surface area (Å²) in [5.74, 6) is -0.201. The van der Waals surface area contributed by atoms with E-state index in [4.69, 9.17) is 4.18 Å². The van der Waals surface area contributed by atoms with E-state index in [1.54, 1.807) is 36.4 Å². The summed E-state index contributed by atoms with van der Waals surface area (Å²) in [4.78, 5) is 0. The van der Waals surface area contributed by atoms with Crippen LogP contribution in [0.15, 0.2) is 54.5 Å². The molecule has 0 spiro atoms. The van der Waals surface area contributed by atoms with Gasteiger partial charge in [0.1, 0.15) is 5.75 Å². The second-order valence-electron chi connectivity index (χ2n) is 6.16. The van der Waals surface area contributed by atoms with Gasteiger partial charge in [0.05, 0.1) is 18.1 Å². The van der Waals surface area contributed by atoms with Crippen molar-refractivity contribution in [3.05, 3.63) is 71.2 Å². The minimum atomic E-state index is -3.84. The lowest BCUT2D eigenvalue weighted by Crippen LogP contribution is -2.29. The smallest absolute Gasteiger partial charge is 0.330 e. The van der Waals surface area contributed by atoms with E-state index in [1.165, 1.54) is 0 Å². The SMILES string of the molecule is Cc1ccc(OS(C)(=O)=O)c(Cc2ccc(N3C=C(O)NS3(=O)=O)cc2)c1. The van der Waals surface area contributed by atoms with Crippen molar-refractivity contribution in [1.82, 2.24) is 4.72 Å². The first-order valence-corrected chi connectivity index (χ1v) is 11.1. The van der Waals surface area contributed by atoms with Crippen LogP contribution < -0.4 is 13.2 Å². The van der Waals surface area contributed by atoms with Crippen LogP contribution in [0, 0.1) is 6.92 Å². The Labute approximate surface area is 158 Å². The molecule has 8 nitrogen and oxygen atoms in total. The highest BCUT2D eigenvalue weighted by atomic mass is 32.2. The van der Waals surface area contributed by atoms with Crippen LogP contribution in [0.25, 0.3) is 0 Å². The molecule has 1 heterocycles. The quantitative estimate of drug-likeness (QED) is 0.729. The highest BCUT2D eigenvalue weighted by Crippen LogP contribution is 2.27. The van der Waals surface area contributed by atoms with Crippen molar-refractivity contribution in [2.45, 2.75) is 13.3 Å². The van der Waals surface area contributed by atoms with Crippen LogP contribution in [0.4, 0.5) is 5.69 Å². The number of benzene rings is 2. The highest BCUT2D eigenvalue weighted by molar-refractivity contribution is 7.91. The number of aliphatic hydroxyl groups excluding tert-OH is 1. The average molecular weight is 410 g/mol. The maximum absolute atomic E-state index is 11.9. The van der Waals surface area contributed by atoms with Crippen molar-refractivity contribution < 1.29 is 26.1 Å². The van der Waals surface area contributed by atoms with E-state index in [2.05, 4.69) is 0 Å². The Morgan fingerprint density at radius 1 is 1.15 bits per heavy atom. The minimum Gasteiger partial charge on any atom is -0.493 e. The Morgan fingerprint density at radius 3 is 2.37 bits per heavy atom. The van der Waals surface area contributed by atoms with Crippen LogP contribution in [-0.2, 0) is 26.7 Å². The molecule has 0 aliphatic carbocycles. The van der Waals surface area contributed by atoms with Gasteiger partial charge in [-0.15, -0.1) is 0 Å². The summed E-state index contributed by atoms with van der Waals surface area (Å²) in [7, 11) is -7.49. The maximum atomic E-state index is 11.9. The summed E-state index contributed by atoms with van der Waals surface area (Å²) in [6.07, 6.45) is 2.46. The van der Waals surface area contributed by atoms with Gasteiger partial charge in [0, 0.05) is 12.0 Å². The number of aryl methyl sites for hydroxylation is 1. The van der Waals surface area contributed by atoms with Gasteiger partial charge in [-0.05, 0) is 30.7 Å². The molecule has 0 unspecified atom stereocenters. The van der Waals surface area contributed by atoms with Crippen molar-refractivity contribution in [1.29, 1.82) is 0 Å². The number of aliphatic hydroxyl groups is 1. The average Bonchev–Trinajstić information content (AvgIpc) is 2.82. The molecule has 2 aromatic rings. The molecule has 2 N–H and O–H groups in total. The normalized spacial score (nSPS) is 15.9. The van der Waals surface area contributed by atoms with Gasteiger partial charge in [-0.3, -0.25) is 0 Å². The molecular formula is C17H18N2O6S2. The first kappa shape index (κ1) is 19.1. The van der Waals surface area contributed by atoms with E-state index < -0.39 is 26.2 Å². The molecule has 0 amide bonds. The lowest BCUT2D eigenvalue weighted by Gasteiger charge is -2.15. The van der Waals surface area contributed by atoms with E-state index >= 15 is 0 Å². The molecule has 0 bridgehead atoms. The van der Waals surface area contributed by atoms with Crippen LogP contribution >= 0.6 is 0 Å². The third kappa shape index (κ3) is 4.52. The fourth-order valence-electron chi connectivity index (χ4n) is 2.67. The first-order valence-electron chi connectivity index (χ1n) is 7.84. The zero-order valence-electron chi connectivity index (χ0n) is 14.6. The van der Waals surface area contributed by atoms with Gasteiger partial charge in [-0.1, -0.05) is 29.8 Å². The van der Waals surface area contributed by atoms with Gasteiger partial charge in [0.25, 0.3) is 0 Å². The van der Waals surface area contributed by atoms with Gasteiger partial charge in [-0.2, -0.15) is 16.8 Å². The van der Waals surface area contributed by atoms with Crippen LogP contribution in [0.1, 0.15) is 16.7 Å². The number of nitrogens with one attached hydrogen (secondary N) is 1. The zero-order chi connectivity index (χ0) is 19.8. The number of nitrogens with zero attached hydrogens (tertiary/aromatic N) is 1. The summed E-state index contributed by atoms with van der Waals surface area (Å²) >= 11 is 0. The Bertz CT molecular complexity index is 1110. The van der Waals surface area contributed by atoms with Crippen LogP contribution in [0.3, 0.4) is 0 Å². The number of rotatable bonds is 5. The van der Waals surface area contributed by atoms with Gasteiger partial charge < -0.3 is 9.29 Å². The topological polar surface area (TPSA) is 113 Å². The molecule has 0 fully saturated rings. The summed E-state index contributed by atoms with van der Waals surface area (Å²) in [6, 6.07) is 11.8. The standard InChI is InChI=1S/C17H18N2O6S2/c1-12-3-8-16(25-26(2,21)22)14(9-12)10-13-4-6-15(7-5-13)19-11-17(20)18-27(19,23)24/h3-9,11,18,20H,10H2,1-2H3. The number of hydrogen-bond acceptors (Lipinski definition) is 6. The van der Waals surface area contributed by atoms with E-state index in [0.29, 0.717) is 17.7 Å². The first-order chi connectivity index (χ1) is 12.5. The number of anilines is 1. The Kier molecular flexibility index (Phi) is 4.79. The van der Waals surface area contributed by atoms with Crippen molar-refractivity contribution >= 4 is 26.0 Å². The molecule has 144 valence electrons. The third-order valence-electron chi connectivity index (χ3n) is 3.77. The maximum Gasteiger partial charge on any atom is 0.330 e. The predicted molar refractivity (Wildman–Crippen MR) is 101 cm³/mol. The highest BCUT2D eigenvalue weighted by Gasteiger charge is 2.28. The van der Waals surface area contributed by atoms with E-state index in [0.717, 1.165) is 27.9 Å². The molecule has 27 heavy (non-hydrogen) atoms. The Hall–Kier alpha value is -2.72. The lowest BCUT2D eigenvalue weighted by atomic mass is 10.0. The predicted octanol–water partition coefficient (Wildman–Crippen LogP) is 1.94. The number of hydrogen-bond donors (Lipinski definition) is 2. The molecule has 0 saturated carbocycles. The Morgan fingerprint density at radius 2 is 1.81 bits per heavy atom. The second kappa shape index (κ2) is 6.78. The molecule has 0 aromatic heterocycles. The largest absolute Gasteiger partial charge is 0.493 e. The molecule has 0 saturated heterocycles. The molecule has 0 radical (unpaired) electrons. The molecular weight excluding hydrogens is 392 g/mol. The van der Waals surface area contributed by atoms with Gasteiger partial charge >= 0.3 is 20.3 Å². The monoisotopic (exact) mass is 410 g/mol. The second-order valence-corrected chi connectivity index (χ2v) is 9.28. The molecule has 0 atom stereocenters. The van der Waals surface area contributed by atoms with E-state index in [-0.39, 0.29) is 5.75 Å². The fraction of sp³-hybridized carbons (Fsp3) is 0.176. The summed E-state index contributed by atoms with van der Waals surface area (Å²) in [5.41, 5.74) is 2.84. The molecule has 2 aromatic carbocycles. The molecule has 10 heteroatoms. The van der Waals surface area contributed by atoms with Gasteiger partial charge in [0.15, 0.2) is 0 Å². The van der Waals surface area contributed by atoms with Gasteiger partial charge in [0.2, 0.25) is 5.88 Å². The van der Waals surface area contributed by atoms with Crippen LogP contribution in [0.2, 0.25) is 0 Å². The van der Waals surface area contributed by atoms with E-state index in [1.807, 2.05) is 17.7 Å². The van der Waals surface area contributed by atoms with Crippen molar-refractivity contribution in [3.63, 3.8) is 0 Å². The van der Waals surface area contributed by atoms with Crippen LogP contribution in [-0.4, -0.2) is 28.2 Å². The summed E-state index contributed by atoms with van der Waals surface area (Å²) in [5, 5.41) is 9.36. The Balaban J connectivity index is 1.87. The molecule has 1 aliphatic rings. The van der Waals surface area contributed by atoms with Crippen LogP contribution in [0.5, 0.6) is 5.75 Å². The summed E-state index contributed by atoms with van der Waals surface area (Å²) in [6.45, 7) is 1.89. The van der Waals surface area contributed by atoms with Crippen molar-refractivity contribution in [2.24, 2.45) is 0 Å². The van der Waals surface area contributed by atoms with Crippen molar-refractivity contribution in [3.8, 4) is 5.75 Å². The van der Waals surface area contributed by atoms with Crippen molar-refractivity contribution in [2.75, 3.05) is 10.6 Å². The minimum absolute atomic E-state index is 0.256. The lowest BCUT2D eigenvalue weighted by molar-refractivity contribution is 0.392. The van der Waals surface area contributed by atoms with Gasteiger partial charge in [-0.25, -0.2) is 9.03 Å². The summed E-state index contributed by atoms with van der Waals surface area (Å²) < 4.78 is 54.6. The third-order valence-corrected chi connectivity index (χ3v) is 5.56. The van der Waals surface area contributed by atoms with E-state index in [9.17, 15) is 21.9 Å². The molecule has 3 rings (SSSR count). The fourth-order valence-corrected chi connectivity index (χ4v) is 4.21. The zero-order valence-corrected chi connectivity index (χ0v) is 16.2. The molecule has 1 aliphatic heterocycles.